The fraction of sp³-hybridized carbons (Fsp3) is 0.667. The molecule has 1 amide bonds. The maximum absolute atomic E-state index is 13.5. The molecule has 1 saturated carbocycles. The number of carbonyl (C=O) groups is 3. The summed E-state index contributed by atoms with van der Waals surface area (Å²) >= 11 is 0. The summed E-state index contributed by atoms with van der Waals surface area (Å²) in [5.74, 6) is -1.72. The highest BCUT2D eigenvalue weighted by atomic mass is 16.6. The number of carboxylic acids is 1. The van der Waals surface area contributed by atoms with Crippen LogP contribution >= 0.6 is 0 Å². The number of esters is 1. The Balaban J connectivity index is 1.68. The van der Waals surface area contributed by atoms with Gasteiger partial charge in [-0.25, -0.2) is 4.79 Å². The Hall–Kier alpha value is -2.38. The van der Waals surface area contributed by atoms with Crippen molar-refractivity contribution in [2.24, 2.45) is 10.8 Å². The molecule has 26 heavy (non-hydrogen) atoms. The minimum Gasteiger partial charge on any atom is -0.476 e. The van der Waals surface area contributed by atoms with E-state index >= 15 is 0 Å². The van der Waals surface area contributed by atoms with Crippen molar-refractivity contribution >= 4 is 17.8 Å². The summed E-state index contributed by atoms with van der Waals surface area (Å²) in [5.41, 5.74) is -1.72. The van der Waals surface area contributed by atoms with Crippen LogP contribution in [0.3, 0.4) is 0 Å². The molecule has 8 heteroatoms. The predicted octanol–water partition coefficient (Wildman–Crippen LogP) is 1.44. The van der Waals surface area contributed by atoms with Crippen LogP contribution in [0.2, 0.25) is 0 Å². The number of aromatic nitrogens is 2. The van der Waals surface area contributed by atoms with Gasteiger partial charge in [0.15, 0.2) is 11.1 Å². The van der Waals surface area contributed by atoms with Gasteiger partial charge in [0.05, 0.1) is 12.2 Å². The van der Waals surface area contributed by atoms with Gasteiger partial charge in [0.1, 0.15) is 5.60 Å². The molecule has 0 unspecified atom stereocenters. The Bertz CT molecular complexity index is 829. The average Bonchev–Trinajstić information content (AvgIpc) is 3.02. The molecule has 1 N–H and O–H groups in total. The third kappa shape index (κ3) is 1.90. The number of fused-ring (bicyclic) bond motifs is 3. The van der Waals surface area contributed by atoms with E-state index in [1.54, 1.807) is 9.58 Å². The van der Waals surface area contributed by atoms with Crippen molar-refractivity contribution in [1.29, 1.82) is 0 Å². The molecule has 0 aromatic carbocycles. The Morgan fingerprint density at radius 2 is 1.96 bits per heavy atom. The first kappa shape index (κ1) is 17.1. The van der Waals surface area contributed by atoms with Crippen LogP contribution in [0.5, 0.6) is 0 Å². The second kappa shape index (κ2) is 5.08. The number of hydrogen-bond acceptors (Lipinski definition) is 5. The van der Waals surface area contributed by atoms with Crippen molar-refractivity contribution in [3.63, 3.8) is 0 Å². The summed E-state index contributed by atoms with van der Waals surface area (Å²) in [5, 5.41) is 13.2. The zero-order chi connectivity index (χ0) is 18.9. The summed E-state index contributed by atoms with van der Waals surface area (Å²) in [4.78, 5) is 39.1. The van der Waals surface area contributed by atoms with Crippen LogP contribution in [-0.4, -0.2) is 49.8 Å². The average molecular weight is 361 g/mol. The van der Waals surface area contributed by atoms with Crippen LogP contribution in [0, 0.1) is 10.8 Å². The molecule has 0 radical (unpaired) electrons. The van der Waals surface area contributed by atoms with Crippen molar-refractivity contribution < 1.29 is 24.2 Å². The number of nitrogens with zero attached hydrogens (tertiary/aromatic N) is 3. The third-order valence-electron chi connectivity index (χ3n) is 6.92. The lowest BCUT2D eigenvalue weighted by atomic mass is 9.65. The number of ether oxygens (including phenoxy) is 1. The van der Waals surface area contributed by atoms with E-state index in [2.05, 4.69) is 5.10 Å². The maximum atomic E-state index is 13.5. The van der Waals surface area contributed by atoms with Gasteiger partial charge in [-0.1, -0.05) is 13.8 Å². The number of hydrogen-bond donors (Lipinski definition) is 1. The number of amides is 1. The van der Waals surface area contributed by atoms with Crippen molar-refractivity contribution in [3.8, 4) is 0 Å². The number of aromatic carboxylic acids is 1. The minimum absolute atomic E-state index is 0.0264. The SMILES string of the molecule is CC1(C)[C@]2(C(=O)N3CCCn4nc(C(=O)O)cc4C3)CC[C@@]1(C)OC2=O. The molecule has 1 aliphatic carbocycles. The van der Waals surface area contributed by atoms with Gasteiger partial charge >= 0.3 is 11.9 Å². The summed E-state index contributed by atoms with van der Waals surface area (Å²) in [7, 11) is 0. The molecule has 1 aromatic rings. The van der Waals surface area contributed by atoms with Crippen LogP contribution < -0.4 is 0 Å². The highest BCUT2D eigenvalue weighted by Crippen LogP contribution is 2.66. The van der Waals surface area contributed by atoms with Gasteiger partial charge in [-0.3, -0.25) is 14.3 Å². The first-order chi connectivity index (χ1) is 12.1. The molecular formula is C18H23N3O5. The molecule has 2 atom stereocenters. The monoisotopic (exact) mass is 361 g/mol. The van der Waals surface area contributed by atoms with Crippen LogP contribution in [0.1, 0.15) is 56.2 Å². The van der Waals surface area contributed by atoms with Crippen LogP contribution in [0.15, 0.2) is 6.07 Å². The first-order valence-electron chi connectivity index (χ1n) is 8.95. The molecular weight excluding hydrogens is 338 g/mol. The van der Waals surface area contributed by atoms with E-state index in [1.807, 2.05) is 20.8 Å². The molecule has 1 aromatic heterocycles. The molecule has 3 aliphatic rings. The molecule has 2 fully saturated rings. The Morgan fingerprint density at radius 3 is 2.54 bits per heavy atom. The first-order valence-corrected chi connectivity index (χ1v) is 8.95. The summed E-state index contributed by atoms with van der Waals surface area (Å²) in [6.45, 7) is 7.09. The zero-order valence-electron chi connectivity index (χ0n) is 15.2. The Kier molecular flexibility index (Phi) is 3.33. The molecule has 140 valence electrons. The van der Waals surface area contributed by atoms with Crippen LogP contribution in [-0.2, 0) is 27.4 Å². The maximum Gasteiger partial charge on any atom is 0.356 e. The number of carboxylic acid groups (broad SMARTS) is 1. The lowest BCUT2D eigenvalue weighted by molar-refractivity contribution is -0.165. The number of rotatable bonds is 2. The standard InChI is InChI=1S/C18H23N3O5/c1-16(2)17(3)5-6-18(16,15(25)26-17)14(24)20-7-4-8-21-11(10-20)9-12(19-21)13(22)23/h9H,4-8,10H2,1-3H3,(H,22,23)/t17-,18+/m1/s1. The molecule has 2 aliphatic heterocycles. The van der Waals surface area contributed by atoms with E-state index in [-0.39, 0.29) is 18.1 Å². The van der Waals surface area contributed by atoms with Gasteiger partial charge in [0.2, 0.25) is 5.91 Å². The number of carbonyl (C=O) groups excluding carboxylic acids is 2. The Morgan fingerprint density at radius 1 is 1.23 bits per heavy atom. The molecule has 0 spiro atoms. The third-order valence-corrected chi connectivity index (χ3v) is 6.92. The largest absolute Gasteiger partial charge is 0.476 e. The normalized spacial score (nSPS) is 32.1. The van der Waals surface area contributed by atoms with Crippen molar-refractivity contribution in [1.82, 2.24) is 14.7 Å². The molecule has 3 heterocycles. The highest BCUT2D eigenvalue weighted by molar-refractivity contribution is 6.06. The van der Waals surface area contributed by atoms with Gasteiger partial charge < -0.3 is 14.7 Å². The molecule has 1 saturated heterocycles. The van der Waals surface area contributed by atoms with E-state index in [4.69, 9.17) is 9.84 Å². The van der Waals surface area contributed by atoms with Crippen LogP contribution in [0.4, 0.5) is 0 Å². The molecule has 4 rings (SSSR count). The lowest BCUT2D eigenvalue weighted by Crippen LogP contribution is -2.52. The van der Waals surface area contributed by atoms with E-state index in [0.29, 0.717) is 38.0 Å². The summed E-state index contributed by atoms with van der Waals surface area (Å²) in [6.07, 6.45) is 1.82. The van der Waals surface area contributed by atoms with Gasteiger partial charge in [0, 0.05) is 18.5 Å². The lowest BCUT2D eigenvalue weighted by Gasteiger charge is -2.37. The fourth-order valence-electron chi connectivity index (χ4n) is 4.80. The smallest absolute Gasteiger partial charge is 0.356 e. The molecule has 2 bridgehead atoms. The summed E-state index contributed by atoms with van der Waals surface area (Å²) < 4.78 is 7.28. The van der Waals surface area contributed by atoms with Crippen molar-refractivity contribution in [3.05, 3.63) is 17.5 Å². The van der Waals surface area contributed by atoms with Gasteiger partial charge in [0.25, 0.3) is 0 Å². The van der Waals surface area contributed by atoms with Gasteiger partial charge in [-0.2, -0.15) is 5.10 Å². The fourth-order valence-corrected chi connectivity index (χ4v) is 4.80. The van der Waals surface area contributed by atoms with E-state index in [0.717, 1.165) is 0 Å². The van der Waals surface area contributed by atoms with Crippen molar-refractivity contribution in [2.75, 3.05) is 6.54 Å². The van der Waals surface area contributed by atoms with E-state index in [9.17, 15) is 14.4 Å². The van der Waals surface area contributed by atoms with E-state index < -0.39 is 28.4 Å². The predicted molar refractivity (Wildman–Crippen MR) is 89.2 cm³/mol. The van der Waals surface area contributed by atoms with Gasteiger partial charge in [-0.15, -0.1) is 0 Å². The second-order valence-electron chi connectivity index (χ2n) is 8.28. The van der Waals surface area contributed by atoms with Gasteiger partial charge in [-0.05, 0) is 32.3 Å². The minimum atomic E-state index is -1.16. The Labute approximate surface area is 151 Å². The topological polar surface area (TPSA) is 102 Å². The highest BCUT2D eigenvalue weighted by Gasteiger charge is 2.76. The molecule has 8 nitrogen and oxygen atoms in total. The summed E-state index contributed by atoms with van der Waals surface area (Å²) in [6, 6.07) is 1.50. The van der Waals surface area contributed by atoms with Crippen molar-refractivity contribution in [2.45, 2.75) is 58.7 Å². The second-order valence-corrected chi connectivity index (χ2v) is 8.28. The van der Waals surface area contributed by atoms with Crippen LogP contribution in [0.25, 0.3) is 0 Å². The quantitative estimate of drug-likeness (QED) is 0.632. The zero-order valence-corrected chi connectivity index (χ0v) is 15.2. The van der Waals surface area contributed by atoms with E-state index in [1.165, 1.54) is 6.07 Å². The number of aryl methyl sites for hydroxylation is 1.